The third-order valence-corrected chi connectivity index (χ3v) is 5.22. The Morgan fingerprint density at radius 2 is 1.50 bits per heavy atom. The molecule has 2 aromatic rings. The lowest BCUT2D eigenvalue weighted by Gasteiger charge is -2.29. The number of nitrogens with zero attached hydrogens (tertiary/aromatic N) is 1. The van der Waals surface area contributed by atoms with Crippen molar-refractivity contribution in [2.75, 3.05) is 7.11 Å². The van der Waals surface area contributed by atoms with Crippen LogP contribution in [0.15, 0.2) is 65.5 Å². The molecule has 0 bridgehead atoms. The number of methoxy groups -OCH3 is 1. The van der Waals surface area contributed by atoms with Gasteiger partial charge in [-0.1, -0.05) is 36.4 Å². The molecule has 1 aliphatic heterocycles. The molecule has 0 amide bonds. The number of allylic oxidation sites excluding steroid dienone is 2. The second-order valence-corrected chi connectivity index (χ2v) is 7.23. The van der Waals surface area contributed by atoms with Crippen LogP contribution in [-0.2, 0) is 21.9 Å². The minimum atomic E-state index is -4.97. The van der Waals surface area contributed by atoms with Gasteiger partial charge in [-0.25, -0.2) is 4.79 Å². The minimum Gasteiger partial charge on any atom is -0.466 e. The Balaban J connectivity index is 2.46. The molecular weight excluding hydrogens is 470 g/mol. The fourth-order valence-corrected chi connectivity index (χ4v) is 3.86. The minimum absolute atomic E-state index is 0.189. The van der Waals surface area contributed by atoms with E-state index in [0.29, 0.717) is 12.1 Å². The Labute approximate surface area is 188 Å². The summed E-state index contributed by atoms with van der Waals surface area (Å²) in [6.07, 6.45) is -9.89. The molecule has 1 unspecified atom stereocenters. The number of ether oxygens (including phenoxy) is 1. The topological polar surface area (TPSA) is 81.5 Å². The van der Waals surface area contributed by atoms with Crippen molar-refractivity contribution in [2.45, 2.75) is 25.2 Å². The zero-order valence-electron chi connectivity index (χ0n) is 17.5. The molecule has 0 radical (unpaired) electrons. The second-order valence-electron chi connectivity index (χ2n) is 7.23. The van der Waals surface area contributed by atoms with Gasteiger partial charge in [0, 0.05) is 11.3 Å². The summed E-state index contributed by atoms with van der Waals surface area (Å²) in [6, 6.07) is 7.75. The first-order valence-electron chi connectivity index (χ1n) is 9.56. The Kier molecular flexibility index (Phi) is 6.45. The van der Waals surface area contributed by atoms with Crippen molar-refractivity contribution < 1.29 is 40.8 Å². The number of carbonyl (C=O) groups is 1. The van der Waals surface area contributed by atoms with Gasteiger partial charge in [-0.15, -0.1) is 0 Å². The number of benzene rings is 2. The highest BCUT2D eigenvalue weighted by atomic mass is 19.4. The summed E-state index contributed by atoms with van der Waals surface area (Å²) in [6.45, 7) is 1.21. The van der Waals surface area contributed by atoms with Crippen LogP contribution in [0, 0.1) is 10.1 Å². The number of alkyl halides is 6. The van der Waals surface area contributed by atoms with Crippen LogP contribution in [0.2, 0.25) is 0 Å². The molecule has 0 spiro atoms. The van der Waals surface area contributed by atoms with E-state index in [1.54, 1.807) is 0 Å². The molecule has 1 heterocycles. The average molecular weight is 486 g/mol. The molecule has 1 aliphatic rings. The summed E-state index contributed by atoms with van der Waals surface area (Å²) in [7, 11) is 0.930. The highest BCUT2D eigenvalue weighted by Gasteiger charge is 2.47. The molecule has 12 heteroatoms. The van der Waals surface area contributed by atoms with Gasteiger partial charge in [0.25, 0.3) is 5.70 Å². The van der Waals surface area contributed by atoms with Gasteiger partial charge in [-0.2, -0.15) is 26.3 Å². The number of nitro groups is 1. The molecule has 0 saturated heterocycles. The van der Waals surface area contributed by atoms with E-state index in [1.165, 1.54) is 19.1 Å². The van der Waals surface area contributed by atoms with Crippen LogP contribution >= 0.6 is 0 Å². The Bertz CT molecular complexity index is 1210. The van der Waals surface area contributed by atoms with Crippen LogP contribution in [0.5, 0.6) is 0 Å². The number of hydrogen-bond donors (Lipinski definition) is 1. The number of nitrogens with one attached hydrogen (secondary N) is 1. The lowest BCUT2D eigenvalue weighted by Crippen LogP contribution is -2.33. The molecule has 0 saturated carbocycles. The van der Waals surface area contributed by atoms with E-state index in [4.69, 9.17) is 0 Å². The number of esters is 1. The predicted molar refractivity (Wildman–Crippen MR) is 107 cm³/mol. The summed E-state index contributed by atoms with van der Waals surface area (Å²) >= 11 is 0. The van der Waals surface area contributed by atoms with Gasteiger partial charge in [0.05, 0.1) is 28.7 Å². The van der Waals surface area contributed by atoms with Crippen LogP contribution in [0.4, 0.5) is 26.3 Å². The molecule has 0 fully saturated rings. The Hall–Kier alpha value is -3.83. The van der Waals surface area contributed by atoms with Crippen LogP contribution in [-0.4, -0.2) is 18.0 Å². The van der Waals surface area contributed by atoms with E-state index >= 15 is 0 Å². The SMILES string of the molecule is COC(=O)C1=C(C)NC(c2ccccc2C(F)(F)F)=C([N+](=O)[O-])C1c1ccccc1C(F)(F)F. The maximum atomic E-state index is 13.8. The summed E-state index contributed by atoms with van der Waals surface area (Å²) in [5.41, 5.74) is -6.30. The summed E-state index contributed by atoms with van der Waals surface area (Å²) in [5, 5.41) is 14.6. The van der Waals surface area contributed by atoms with Crippen LogP contribution < -0.4 is 5.32 Å². The quantitative estimate of drug-likeness (QED) is 0.267. The predicted octanol–water partition coefficient (Wildman–Crippen LogP) is 5.50. The highest BCUT2D eigenvalue weighted by molar-refractivity contribution is 5.94. The standard InChI is InChI=1S/C22H16F6N2O4/c1-11-16(20(31)34-2)17(12-7-3-5-9-14(12)21(23,24)25)19(30(32)33)18(29-11)13-8-4-6-10-15(13)22(26,27)28/h3-10,17,29H,1-2H3. The van der Waals surface area contributed by atoms with Crippen molar-refractivity contribution in [1.82, 2.24) is 5.32 Å². The van der Waals surface area contributed by atoms with Crippen molar-refractivity contribution in [3.63, 3.8) is 0 Å². The normalized spacial score (nSPS) is 16.9. The van der Waals surface area contributed by atoms with Gasteiger partial charge in [-0.3, -0.25) is 10.1 Å². The van der Waals surface area contributed by atoms with E-state index in [0.717, 1.165) is 31.4 Å². The first kappa shape index (κ1) is 24.8. The van der Waals surface area contributed by atoms with E-state index in [9.17, 15) is 41.3 Å². The molecule has 1 N–H and O–H groups in total. The zero-order valence-corrected chi connectivity index (χ0v) is 17.5. The molecular formula is C22H16F6N2O4. The summed E-state index contributed by atoms with van der Waals surface area (Å²) in [4.78, 5) is 23.6. The number of rotatable bonds is 4. The molecule has 0 aliphatic carbocycles. The molecule has 6 nitrogen and oxygen atoms in total. The van der Waals surface area contributed by atoms with Crippen molar-refractivity contribution in [1.29, 1.82) is 0 Å². The van der Waals surface area contributed by atoms with Crippen LogP contribution in [0.25, 0.3) is 5.70 Å². The smallest absolute Gasteiger partial charge is 0.417 e. The molecule has 34 heavy (non-hydrogen) atoms. The Morgan fingerprint density at radius 3 is 2.03 bits per heavy atom. The number of carbonyl (C=O) groups excluding carboxylic acids is 1. The molecule has 1 atom stereocenters. The average Bonchev–Trinajstić information content (AvgIpc) is 2.76. The molecule has 0 aromatic heterocycles. The maximum absolute atomic E-state index is 13.8. The largest absolute Gasteiger partial charge is 0.466 e. The van der Waals surface area contributed by atoms with Gasteiger partial charge in [0.15, 0.2) is 0 Å². The molecule has 180 valence electrons. The molecule has 3 rings (SSSR count). The maximum Gasteiger partial charge on any atom is 0.417 e. The number of hydrogen-bond acceptors (Lipinski definition) is 5. The summed E-state index contributed by atoms with van der Waals surface area (Å²) < 4.78 is 87.1. The zero-order chi connectivity index (χ0) is 25.4. The van der Waals surface area contributed by atoms with Gasteiger partial charge >= 0.3 is 18.3 Å². The second kappa shape index (κ2) is 8.84. The number of dihydropyridines is 1. The van der Waals surface area contributed by atoms with Crippen molar-refractivity contribution >= 4 is 11.7 Å². The van der Waals surface area contributed by atoms with Crippen molar-refractivity contribution in [3.8, 4) is 0 Å². The van der Waals surface area contributed by atoms with E-state index in [-0.39, 0.29) is 5.70 Å². The van der Waals surface area contributed by atoms with Crippen LogP contribution in [0.1, 0.15) is 35.1 Å². The summed E-state index contributed by atoms with van der Waals surface area (Å²) in [5.74, 6) is -3.15. The van der Waals surface area contributed by atoms with Gasteiger partial charge in [-0.05, 0) is 24.6 Å². The van der Waals surface area contributed by atoms with Gasteiger partial charge in [0.2, 0.25) is 0 Å². The lowest BCUT2D eigenvalue weighted by atomic mass is 9.80. The molecule has 2 aromatic carbocycles. The lowest BCUT2D eigenvalue weighted by molar-refractivity contribution is -0.428. The van der Waals surface area contributed by atoms with E-state index < -0.39 is 68.4 Å². The van der Waals surface area contributed by atoms with Gasteiger partial charge in [0.1, 0.15) is 11.6 Å². The van der Waals surface area contributed by atoms with Crippen molar-refractivity contribution in [3.05, 3.63) is 97.9 Å². The fraction of sp³-hybridized carbons (Fsp3) is 0.227. The first-order valence-corrected chi connectivity index (χ1v) is 9.56. The monoisotopic (exact) mass is 486 g/mol. The van der Waals surface area contributed by atoms with E-state index in [1.807, 2.05) is 0 Å². The van der Waals surface area contributed by atoms with Crippen molar-refractivity contribution in [2.24, 2.45) is 0 Å². The van der Waals surface area contributed by atoms with E-state index in [2.05, 4.69) is 10.1 Å². The third kappa shape index (κ3) is 4.47. The van der Waals surface area contributed by atoms with Gasteiger partial charge < -0.3 is 10.1 Å². The Morgan fingerprint density at radius 1 is 0.971 bits per heavy atom. The number of halogens is 6. The van der Waals surface area contributed by atoms with Crippen LogP contribution in [0.3, 0.4) is 0 Å². The highest BCUT2D eigenvalue weighted by Crippen LogP contribution is 2.47. The third-order valence-electron chi connectivity index (χ3n) is 5.22. The first-order chi connectivity index (χ1) is 15.8. The fourth-order valence-electron chi connectivity index (χ4n) is 3.86.